The summed E-state index contributed by atoms with van der Waals surface area (Å²) in [6, 6.07) is 1.56. The van der Waals surface area contributed by atoms with Gasteiger partial charge in [-0.05, 0) is 18.4 Å². The van der Waals surface area contributed by atoms with Gasteiger partial charge in [-0.25, -0.2) is 9.78 Å². The second-order valence-electron chi connectivity index (χ2n) is 5.88. The number of aliphatic hydroxyl groups is 1. The van der Waals surface area contributed by atoms with Crippen molar-refractivity contribution in [3.8, 4) is 5.88 Å². The molecule has 2 aliphatic rings. The minimum absolute atomic E-state index is 0.190. The van der Waals surface area contributed by atoms with Crippen LogP contribution in [0.2, 0.25) is 5.15 Å². The maximum Gasteiger partial charge on any atom is 0.342 e. The van der Waals surface area contributed by atoms with Crippen LogP contribution in [0.3, 0.4) is 0 Å². The topological polar surface area (TPSA) is 71.9 Å². The monoisotopic (exact) mass is 338 g/mol. The number of hydrogen-bond acceptors (Lipinski definition) is 6. The number of rotatable bonds is 2. The predicted octanol–water partition coefficient (Wildman–Crippen LogP) is 1.94. The van der Waals surface area contributed by atoms with Crippen molar-refractivity contribution in [2.75, 3.05) is 27.8 Å². The summed E-state index contributed by atoms with van der Waals surface area (Å²) in [5.41, 5.74) is 1.13. The lowest BCUT2D eigenvalue weighted by molar-refractivity contribution is -0.163. The van der Waals surface area contributed by atoms with Gasteiger partial charge in [-0.3, -0.25) is 0 Å². The summed E-state index contributed by atoms with van der Waals surface area (Å²) in [6.45, 7) is 0.886. The molecule has 124 valence electrons. The van der Waals surface area contributed by atoms with E-state index in [9.17, 15) is 9.90 Å². The van der Waals surface area contributed by atoms with E-state index in [2.05, 4.69) is 9.88 Å². The molecule has 0 spiro atoms. The lowest BCUT2D eigenvalue weighted by atomic mass is 9.75. The van der Waals surface area contributed by atoms with Crippen LogP contribution in [-0.2, 0) is 15.1 Å². The Kier molecular flexibility index (Phi) is 3.98. The van der Waals surface area contributed by atoms with Gasteiger partial charge in [-0.15, -0.1) is 0 Å². The van der Waals surface area contributed by atoms with Crippen LogP contribution < -0.4 is 4.74 Å². The highest BCUT2D eigenvalue weighted by molar-refractivity contribution is 6.31. The summed E-state index contributed by atoms with van der Waals surface area (Å²) in [4.78, 5) is 18.6. The molecular weight excluding hydrogens is 320 g/mol. The van der Waals surface area contributed by atoms with Gasteiger partial charge < -0.3 is 19.5 Å². The minimum atomic E-state index is -1.78. The Morgan fingerprint density at radius 2 is 2.22 bits per heavy atom. The third-order valence-corrected chi connectivity index (χ3v) is 4.80. The van der Waals surface area contributed by atoms with Gasteiger partial charge in [0, 0.05) is 42.9 Å². The number of hydrogen-bond donors (Lipinski definition) is 1. The smallest absolute Gasteiger partial charge is 0.342 e. The minimum Gasteiger partial charge on any atom is -0.481 e. The van der Waals surface area contributed by atoms with E-state index in [-0.39, 0.29) is 17.5 Å². The number of ether oxygens (including phenoxy) is 2. The lowest BCUT2D eigenvalue weighted by Crippen LogP contribution is -2.43. The van der Waals surface area contributed by atoms with Crippen molar-refractivity contribution >= 4 is 23.3 Å². The number of halogens is 1. The van der Waals surface area contributed by atoms with E-state index in [4.69, 9.17) is 21.1 Å². The zero-order valence-corrected chi connectivity index (χ0v) is 14.1. The number of pyridine rings is 1. The van der Waals surface area contributed by atoms with E-state index in [0.717, 1.165) is 30.7 Å². The fourth-order valence-electron chi connectivity index (χ4n) is 3.47. The molecule has 1 atom stereocenters. The number of esters is 1. The molecule has 23 heavy (non-hydrogen) atoms. The lowest BCUT2D eigenvalue weighted by Gasteiger charge is -2.40. The molecule has 1 aliphatic carbocycles. The Hall–Kier alpha value is -1.79. The van der Waals surface area contributed by atoms with Gasteiger partial charge in [-0.2, -0.15) is 0 Å². The van der Waals surface area contributed by atoms with Crippen molar-refractivity contribution < 1.29 is 19.4 Å². The number of carbonyl (C=O) groups excluding carboxylic acids is 1. The zero-order chi connectivity index (χ0) is 16.8. The zero-order valence-electron chi connectivity index (χ0n) is 13.4. The number of methoxy groups -OCH3 is 2. The molecule has 3 rings (SSSR count). The summed E-state index contributed by atoms with van der Waals surface area (Å²) in [5.74, 6) is -0.457. The molecule has 0 unspecified atom stereocenters. The average Bonchev–Trinajstić information content (AvgIpc) is 2.54. The first-order chi connectivity index (χ1) is 10.9. The molecular formula is C16H19ClN2O4. The van der Waals surface area contributed by atoms with E-state index in [1.807, 2.05) is 7.05 Å². The van der Waals surface area contributed by atoms with Crippen molar-refractivity contribution in [2.24, 2.45) is 0 Å². The largest absolute Gasteiger partial charge is 0.481 e. The number of aromatic nitrogens is 1. The van der Waals surface area contributed by atoms with Crippen LogP contribution in [0.5, 0.6) is 5.88 Å². The van der Waals surface area contributed by atoms with Crippen LogP contribution in [0.15, 0.2) is 11.6 Å². The van der Waals surface area contributed by atoms with Crippen LogP contribution in [-0.4, -0.2) is 48.8 Å². The van der Waals surface area contributed by atoms with Gasteiger partial charge in [0.25, 0.3) is 0 Å². The van der Waals surface area contributed by atoms with Crippen LogP contribution in [0.4, 0.5) is 0 Å². The molecule has 0 fully saturated rings. The van der Waals surface area contributed by atoms with Gasteiger partial charge >= 0.3 is 5.97 Å². The molecule has 1 aromatic heterocycles. The second-order valence-corrected chi connectivity index (χ2v) is 6.24. The highest BCUT2D eigenvalue weighted by Crippen LogP contribution is 2.48. The molecule has 0 saturated heterocycles. The average molecular weight is 339 g/mol. The first-order valence-corrected chi connectivity index (χ1v) is 7.79. The molecule has 6 nitrogen and oxygen atoms in total. The molecule has 0 amide bonds. The van der Waals surface area contributed by atoms with Gasteiger partial charge in [-0.1, -0.05) is 11.6 Å². The van der Waals surface area contributed by atoms with Crippen molar-refractivity contribution in [3.05, 3.63) is 27.9 Å². The maximum absolute atomic E-state index is 12.3. The highest BCUT2D eigenvalue weighted by atomic mass is 35.5. The fraction of sp³-hybridized carbons (Fsp3) is 0.500. The molecule has 0 aromatic carbocycles. The molecule has 0 bridgehead atoms. The standard InChI is InChI=1S/C16H19ClN2O4/c1-19-6-4-5-9-8-16(21,15(20)23-3)10-7-11(22-2)18-14(17)12(10)13(9)19/h7,21H,4-6,8H2,1-3H3/t16-/m0/s1. The predicted molar refractivity (Wildman–Crippen MR) is 85.1 cm³/mol. The molecule has 0 radical (unpaired) electrons. The summed E-state index contributed by atoms with van der Waals surface area (Å²) in [6.07, 6.45) is 1.96. The van der Waals surface area contributed by atoms with Gasteiger partial charge in [0.15, 0.2) is 5.60 Å². The second kappa shape index (κ2) is 5.69. The van der Waals surface area contributed by atoms with Crippen molar-refractivity contribution in [3.63, 3.8) is 0 Å². The Labute approximate surface area is 139 Å². The summed E-state index contributed by atoms with van der Waals surface area (Å²) in [7, 11) is 4.70. The SMILES string of the molecule is COC(=O)[C@]1(O)CC2=C(c3c1cc(OC)nc3Cl)N(C)CCC2. The Morgan fingerprint density at radius 3 is 2.87 bits per heavy atom. The van der Waals surface area contributed by atoms with Crippen molar-refractivity contribution in [1.29, 1.82) is 0 Å². The van der Waals surface area contributed by atoms with E-state index in [1.54, 1.807) is 6.07 Å². The number of nitrogens with zero attached hydrogens (tertiary/aromatic N) is 2. The van der Waals surface area contributed by atoms with Crippen LogP contribution >= 0.6 is 11.6 Å². The molecule has 0 saturated carbocycles. The van der Waals surface area contributed by atoms with Gasteiger partial charge in [0.05, 0.1) is 14.2 Å². The number of carbonyl (C=O) groups is 1. The summed E-state index contributed by atoms with van der Waals surface area (Å²) in [5, 5.41) is 11.3. The normalized spacial score (nSPS) is 23.3. The third kappa shape index (κ3) is 2.37. The number of fused-ring (bicyclic) bond motifs is 2. The van der Waals surface area contributed by atoms with Gasteiger partial charge in [0.2, 0.25) is 5.88 Å². The summed E-state index contributed by atoms with van der Waals surface area (Å²) < 4.78 is 9.98. The van der Waals surface area contributed by atoms with Crippen LogP contribution in [0.1, 0.15) is 30.4 Å². The molecule has 2 heterocycles. The highest BCUT2D eigenvalue weighted by Gasteiger charge is 2.48. The molecule has 1 aliphatic heterocycles. The Balaban J connectivity index is 2.31. The van der Waals surface area contributed by atoms with Crippen LogP contribution in [0.25, 0.3) is 5.70 Å². The van der Waals surface area contributed by atoms with E-state index >= 15 is 0 Å². The quantitative estimate of drug-likeness (QED) is 0.656. The third-order valence-electron chi connectivity index (χ3n) is 4.52. The summed E-state index contributed by atoms with van der Waals surface area (Å²) >= 11 is 6.37. The fourth-order valence-corrected chi connectivity index (χ4v) is 3.75. The van der Waals surface area contributed by atoms with Crippen molar-refractivity contribution in [2.45, 2.75) is 24.9 Å². The Morgan fingerprint density at radius 1 is 1.48 bits per heavy atom. The molecule has 1 aromatic rings. The molecule has 1 N–H and O–H groups in total. The maximum atomic E-state index is 12.3. The molecule has 7 heteroatoms. The van der Waals surface area contributed by atoms with Gasteiger partial charge in [0.1, 0.15) is 5.15 Å². The van der Waals surface area contributed by atoms with Crippen LogP contribution in [0, 0.1) is 0 Å². The van der Waals surface area contributed by atoms with E-state index in [0.29, 0.717) is 11.1 Å². The van der Waals surface area contributed by atoms with Crippen molar-refractivity contribution in [1.82, 2.24) is 9.88 Å². The van der Waals surface area contributed by atoms with E-state index in [1.165, 1.54) is 14.2 Å². The first-order valence-electron chi connectivity index (χ1n) is 7.41. The Bertz CT molecular complexity index is 704. The first kappa shape index (κ1) is 16.1. The van der Waals surface area contributed by atoms with E-state index < -0.39 is 11.6 Å².